The van der Waals surface area contributed by atoms with Crippen LogP contribution in [0.1, 0.15) is 55.7 Å². The fourth-order valence-electron chi connectivity index (χ4n) is 4.91. The fourth-order valence-corrected chi connectivity index (χ4v) is 5.88. The Balaban J connectivity index is 1.85. The summed E-state index contributed by atoms with van der Waals surface area (Å²) in [4.78, 5) is 28.4. The molecule has 0 bridgehead atoms. The van der Waals surface area contributed by atoms with Gasteiger partial charge in [0.15, 0.2) is 0 Å². The van der Waals surface area contributed by atoms with Crippen molar-refractivity contribution in [1.82, 2.24) is 10.2 Å². The van der Waals surface area contributed by atoms with Crippen LogP contribution in [-0.4, -0.2) is 56.6 Å². The highest BCUT2D eigenvalue weighted by Crippen LogP contribution is 2.27. The molecule has 1 fully saturated rings. The SMILES string of the molecule is Cc1cccc(C)c1N(CC(=O)N(CCc1ccccc1)[C@@H](C)C(=O)NC1CCCCC1)S(C)(=O)=O. The van der Waals surface area contributed by atoms with Crippen LogP contribution < -0.4 is 9.62 Å². The first kappa shape index (κ1) is 27.7. The zero-order valence-corrected chi connectivity index (χ0v) is 22.7. The Morgan fingerprint density at radius 1 is 0.972 bits per heavy atom. The average molecular weight is 514 g/mol. The van der Waals surface area contributed by atoms with Gasteiger partial charge in [-0.25, -0.2) is 8.42 Å². The Hall–Kier alpha value is -2.87. The van der Waals surface area contributed by atoms with Crippen LogP contribution in [0, 0.1) is 13.8 Å². The molecule has 1 aliphatic rings. The van der Waals surface area contributed by atoms with Gasteiger partial charge in [0.25, 0.3) is 0 Å². The van der Waals surface area contributed by atoms with Gasteiger partial charge < -0.3 is 10.2 Å². The highest BCUT2D eigenvalue weighted by atomic mass is 32.2. The van der Waals surface area contributed by atoms with E-state index in [-0.39, 0.29) is 18.5 Å². The van der Waals surface area contributed by atoms with Gasteiger partial charge >= 0.3 is 0 Å². The molecule has 8 heteroatoms. The second-order valence-corrected chi connectivity index (χ2v) is 11.8. The van der Waals surface area contributed by atoms with E-state index in [0.717, 1.165) is 48.6 Å². The van der Waals surface area contributed by atoms with Crippen LogP contribution in [0.4, 0.5) is 5.69 Å². The van der Waals surface area contributed by atoms with Gasteiger partial charge in [0.2, 0.25) is 21.8 Å². The Bertz CT molecular complexity index is 1120. The Kier molecular flexibility index (Phi) is 9.54. The predicted octanol–water partition coefficient (Wildman–Crippen LogP) is 3.98. The van der Waals surface area contributed by atoms with E-state index in [4.69, 9.17) is 0 Å². The third-order valence-electron chi connectivity index (χ3n) is 6.97. The summed E-state index contributed by atoms with van der Waals surface area (Å²) >= 11 is 0. The number of hydrogen-bond acceptors (Lipinski definition) is 4. The van der Waals surface area contributed by atoms with Crippen LogP contribution in [0.2, 0.25) is 0 Å². The number of para-hydroxylation sites is 1. The molecule has 2 aromatic rings. The van der Waals surface area contributed by atoms with Gasteiger partial charge in [0.05, 0.1) is 11.9 Å². The van der Waals surface area contributed by atoms with Crippen LogP contribution in [0.25, 0.3) is 0 Å². The Labute approximate surface area is 215 Å². The molecule has 0 radical (unpaired) electrons. The van der Waals surface area contributed by atoms with Gasteiger partial charge in [-0.05, 0) is 56.7 Å². The number of aryl methyl sites for hydroxylation is 2. The molecular formula is C28H39N3O4S. The van der Waals surface area contributed by atoms with Gasteiger partial charge in [0.1, 0.15) is 12.6 Å². The van der Waals surface area contributed by atoms with Gasteiger partial charge in [0, 0.05) is 12.6 Å². The number of rotatable bonds is 10. The first-order valence-electron chi connectivity index (χ1n) is 12.8. The van der Waals surface area contributed by atoms with Crippen molar-refractivity contribution in [3.63, 3.8) is 0 Å². The second-order valence-electron chi connectivity index (χ2n) is 9.85. The van der Waals surface area contributed by atoms with Crippen molar-refractivity contribution in [1.29, 1.82) is 0 Å². The third kappa shape index (κ3) is 7.32. The summed E-state index contributed by atoms with van der Waals surface area (Å²) in [6.45, 7) is 5.34. The number of carbonyl (C=O) groups is 2. The molecule has 0 aliphatic heterocycles. The summed E-state index contributed by atoms with van der Waals surface area (Å²) in [5.41, 5.74) is 3.10. The number of amides is 2. The maximum Gasteiger partial charge on any atom is 0.244 e. The van der Waals surface area contributed by atoms with E-state index >= 15 is 0 Å². The summed E-state index contributed by atoms with van der Waals surface area (Å²) in [6.07, 6.45) is 6.94. The maximum atomic E-state index is 13.7. The van der Waals surface area contributed by atoms with Gasteiger partial charge in [-0.2, -0.15) is 0 Å². The van der Waals surface area contributed by atoms with E-state index < -0.39 is 22.0 Å². The molecule has 36 heavy (non-hydrogen) atoms. The average Bonchev–Trinajstić information content (AvgIpc) is 2.84. The number of hydrogen-bond donors (Lipinski definition) is 1. The zero-order valence-electron chi connectivity index (χ0n) is 21.9. The van der Waals surface area contributed by atoms with Crippen LogP contribution >= 0.6 is 0 Å². The van der Waals surface area contributed by atoms with E-state index in [0.29, 0.717) is 18.7 Å². The van der Waals surface area contributed by atoms with Crippen molar-refractivity contribution in [2.24, 2.45) is 0 Å². The highest BCUT2D eigenvalue weighted by Gasteiger charge is 2.31. The standard InChI is InChI=1S/C28H39N3O4S/c1-21-12-11-13-22(2)27(21)31(36(4,34)35)20-26(32)30(19-18-24-14-7-5-8-15-24)23(3)28(33)29-25-16-9-6-10-17-25/h5,7-8,11-15,23,25H,6,9-10,16-20H2,1-4H3,(H,29,33)/t23-/m0/s1. The van der Waals surface area contributed by atoms with Gasteiger partial charge in [-0.3, -0.25) is 13.9 Å². The van der Waals surface area contributed by atoms with Crippen LogP contribution in [0.15, 0.2) is 48.5 Å². The first-order valence-corrected chi connectivity index (χ1v) is 14.6. The molecule has 1 aliphatic carbocycles. The van der Waals surface area contributed by atoms with E-state index in [1.165, 1.54) is 15.6 Å². The molecule has 1 N–H and O–H groups in total. The summed E-state index contributed by atoms with van der Waals surface area (Å²) in [6, 6.07) is 14.7. The molecule has 0 heterocycles. The number of carbonyl (C=O) groups excluding carboxylic acids is 2. The van der Waals surface area contributed by atoms with Crippen molar-refractivity contribution in [2.75, 3.05) is 23.7 Å². The number of nitrogens with one attached hydrogen (secondary N) is 1. The number of benzene rings is 2. The molecule has 0 unspecified atom stereocenters. The van der Waals surface area contributed by atoms with Crippen molar-refractivity contribution >= 4 is 27.5 Å². The minimum Gasteiger partial charge on any atom is -0.352 e. The summed E-state index contributed by atoms with van der Waals surface area (Å²) < 4.78 is 26.8. The lowest BCUT2D eigenvalue weighted by atomic mass is 9.95. The lowest BCUT2D eigenvalue weighted by Crippen LogP contribution is -2.53. The number of nitrogens with zero attached hydrogens (tertiary/aromatic N) is 2. The van der Waals surface area contributed by atoms with Crippen molar-refractivity contribution in [3.05, 3.63) is 65.2 Å². The van der Waals surface area contributed by atoms with Gasteiger partial charge in [-0.1, -0.05) is 67.8 Å². The summed E-state index contributed by atoms with van der Waals surface area (Å²) in [7, 11) is -3.74. The highest BCUT2D eigenvalue weighted by molar-refractivity contribution is 7.92. The minimum absolute atomic E-state index is 0.127. The van der Waals surface area contributed by atoms with Gasteiger partial charge in [-0.15, -0.1) is 0 Å². The Morgan fingerprint density at radius 3 is 2.17 bits per heavy atom. The molecule has 196 valence electrons. The smallest absolute Gasteiger partial charge is 0.244 e. The molecule has 1 atom stereocenters. The zero-order chi connectivity index (χ0) is 26.3. The molecule has 0 aromatic heterocycles. The van der Waals surface area contributed by atoms with Crippen LogP contribution in [-0.2, 0) is 26.0 Å². The van der Waals surface area contributed by atoms with E-state index in [2.05, 4.69) is 5.32 Å². The lowest BCUT2D eigenvalue weighted by Gasteiger charge is -2.33. The molecule has 1 saturated carbocycles. The second kappa shape index (κ2) is 12.4. The summed E-state index contributed by atoms with van der Waals surface area (Å²) in [5.74, 6) is -0.591. The third-order valence-corrected chi connectivity index (χ3v) is 8.08. The number of anilines is 1. The monoisotopic (exact) mass is 513 g/mol. The minimum atomic E-state index is -3.74. The molecule has 7 nitrogen and oxygen atoms in total. The largest absolute Gasteiger partial charge is 0.352 e. The molecular weight excluding hydrogens is 474 g/mol. The molecule has 3 rings (SSSR count). The number of sulfonamides is 1. The normalized spacial score (nSPS) is 15.2. The topological polar surface area (TPSA) is 86.8 Å². The van der Waals surface area contributed by atoms with Crippen molar-refractivity contribution in [2.45, 2.75) is 71.4 Å². The van der Waals surface area contributed by atoms with E-state index in [9.17, 15) is 18.0 Å². The van der Waals surface area contributed by atoms with Crippen LogP contribution in [0.3, 0.4) is 0 Å². The quantitative estimate of drug-likeness (QED) is 0.521. The van der Waals surface area contributed by atoms with E-state index in [1.54, 1.807) is 6.92 Å². The molecule has 0 spiro atoms. The molecule has 0 saturated heterocycles. The fraction of sp³-hybridized carbons (Fsp3) is 0.500. The summed E-state index contributed by atoms with van der Waals surface area (Å²) in [5, 5.41) is 3.12. The lowest BCUT2D eigenvalue weighted by molar-refractivity contribution is -0.139. The van der Waals surface area contributed by atoms with Crippen molar-refractivity contribution in [3.8, 4) is 0 Å². The molecule has 2 amide bonds. The van der Waals surface area contributed by atoms with Crippen LogP contribution in [0.5, 0.6) is 0 Å². The van der Waals surface area contributed by atoms with E-state index in [1.807, 2.05) is 62.4 Å². The Morgan fingerprint density at radius 2 is 1.58 bits per heavy atom. The maximum absolute atomic E-state index is 13.7. The first-order chi connectivity index (χ1) is 17.1. The van der Waals surface area contributed by atoms with Crippen molar-refractivity contribution < 1.29 is 18.0 Å². The molecule has 2 aromatic carbocycles. The predicted molar refractivity (Wildman–Crippen MR) is 144 cm³/mol.